The van der Waals surface area contributed by atoms with Crippen LogP contribution in [0.3, 0.4) is 0 Å². The summed E-state index contributed by atoms with van der Waals surface area (Å²) in [7, 11) is 0. The first-order valence-electron chi connectivity index (χ1n) is 12.0. The van der Waals surface area contributed by atoms with E-state index in [1.165, 1.54) is 6.92 Å². The molecule has 10 heteroatoms. The molecule has 1 rings (SSSR count). The topological polar surface area (TPSA) is 152 Å². The summed E-state index contributed by atoms with van der Waals surface area (Å²) in [5.74, 6) is -0.728. The van der Waals surface area contributed by atoms with Crippen molar-refractivity contribution in [1.29, 1.82) is 0 Å². The fourth-order valence-electron chi connectivity index (χ4n) is 2.53. The third-order valence-electron chi connectivity index (χ3n) is 4.11. The van der Waals surface area contributed by atoms with Crippen LogP contribution in [0.25, 0.3) is 0 Å². The molecule has 0 aliphatic rings. The SMILES string of the molecule is CC.CC(=O)OCc1ccc(NC(=O)CNC(=O)C(NC(C)C)C(C)C)cc1.CCCNC(N)=O. The number of carbonyl (C=O) groups excluding carboxylic acids is 4. The van der Waals surface area contributed by atoms with Gasteiger partial charge in [-0.25, -0.2) is 4.79 Å². The van der Waals surface area contributed by atoms with Crippen LogP contribution in [0.15, 0.2) is 24.3 Å². The first-order chi connectivity index (χ1) is 16.5. The quantitative estimate of drug-likeness (QED) is 0.298. The van der Waals surface area contributed by atoms with E-state index in [-0.39, 0.29) is 48.9 Å². The third-order valence-corrected chi connectivity index (χ3v) is 4.11. The fourth-order valence-corrected chi connectivity index (χ4v) is 2.53. The Morgan fingerprint density at radius 2 is 1.54 bits per heavy atom. The third kappa shape index (κ3) is 18.9. The number of benzene rings is 1. The smallest absolute Gasteiger partial charge is 0.312 e. The average molecular weight is 496 g/mol. The van der Waals surface area contributed by atoms with E-state index in [0.717, 1.165) is 12.0 Å². The molecule has 1 atom stereocenters. The van der Waals surface area contributed by atoms with Crippen LogP contribution in [0.1, 0.15) is 67.4 Å². The van der Waals surface area contributed by atoms with Gasteiger partial charge in [0.1, 0.15) is 6.61 Å². The van der Waals surface area contributed by atoms with Crippen LogP contribution in [-0.2, 0) is 25.7 Å². The number of ether oxygens (including phenoxy) is 1. The number of hydrogen-bond acceptors (Lipinski definition) is 6. The standard InChI is InChI=1S/C19H29N3O4.C4H10N2O.C2H6/c1-12(2)18(21-13(3)4)19(25)20-10-17(24)22-16-8-6-15(7-9-16)11-26-14(5)23;1-2-3-6-4(5)7;1-2/h6-9,12-13,18,21H,10-11H2,1-5H3,(H,20,25)(H,22,24);2-3H2,1H3,(H3,5,6,7);1-2H3. The molecule has 0 heterocycles. The molecule has 0 saturated heterocycles. The second-order valence-electron chi connectivity index (χ2n) is 8.08. The van der Waals surface area contributed by atoms with Gasteiger partial charge >= 0.3 is 12.0 Å². The number of hydrogen-bond donors (Lipinski definition) is 5. The Balaban J connectivity index is 0. The molecule has 0 spiro atoms. The van der Waals surface area contributed by atoms with Crippen molar-refractivity contribution in [3.05, 3.63) is 29.8 Å². The summed E-state index contributed by atoms with van der Waals surface area (Å²) >= 11 is 0. The Morgan fingerprint density at radius 1 is 0.971 bits per heavy atom. The van der Waals surface area contributed by atoms with Crippen LogP contribution in [0.5, 0.6) is 0 Å². The maximum atomic E-state index is 12.3. The summed E-state index contributed by atoms with van der Waals surface area (Å²) in [4.78, 5) is 44.9. The summed E-state index contributed by atoms with van der Waals surface area (Å²) in [6.45, 7) is 15.9. The molecule has 6 N–H and O–H groups in total. The van der Waals surface area contributed by atoms with Crippen molar-refractivity contribution in [2.24, 2.45) is 11.7 Å². The van der Waals surface area contributed by atoms with E-state index in [1.807, 2.05) is 48.5 Å². The second kappa shape index (κ2) is 20.3. The molecule has 1 aromatic carbocycles. The van der Waals surface area contributed by atoms with Gasteiger partial charge in [-0.05, 0) is 30.0 Å². The fraction of sp³-hybridized carbons (Fsp3) is 0.600. The Kier molecular flexibility index (Phi) is 19.7. The molecule has 0 bridgehead atoms. The zero-order valence-electron chi connectivity index (χ0n) is 22.5. The number of nitrogens with two attached hydrogens (primary N) is 1. The molecule has 10 nitrogen and oxygen atoms in total. The van der Waals surface area contributed by atoms with Crippen LogP contribution in [-0.4, -0.2) is 49.0 Å². The number of anilines is 1. The first-order valence-corrected chi connectivity index (χ1v) is 12.0. The Hall–Kier alpha value is -3.14. The largest absolute Gasteiger partial charge is 0.461 e. The van der Waals surface area contributed by atoms with Gasteiger partial charge in [-0.1, -0.05) is 60.6 Å². The molecule has 35 heavy (non-hydrogen) atoms. The van der Waals surface area contributed by atoms with Gasteiger partial charge < -0.3 is 31.7 Å². The van der Waals surface area contributed by atoms with Gasteiger partial charge in [-0.15, -0.1) is 0 Å². The second-order valence-corrected chi connectivity index (χ2v) is 8.08. The van der Waals surface area contributed by atoms with Gasteiger partial charge in [0, 0.05) is 25.2 Å². The van der Waals surface area contributed by atoms with Crippen molar-refractivity contribution in [2.45, 2.75) is 80.5 Å². The van der Waals surface area contributed by atoms with Crippen molar-refractivity contribution < 1.29 is 23.9 Å². The molecule has 0 aromatic heterocycles. The highest BCUT2D eigenvalue weighted by Gasteiger charge is 2.22. The number of primary amides is 1. The highest BCUT2D eigenvalue weighted by atomic mass is 16.5. The lowest BCUT2D eigenvalue weighted by Crippen LogP contribution is -2.51. The zero-order chi connectivity index (χ0) is 27.4. The minimum Gasteiger partial charge on any atom is -0.461 e. The van der Waals surface area contributed by atoms with Gasteiger partial charge in [-0.2, -0.15) is 0 Å². The predicted octanol–water partition coefficient (Wildman–Crippen LogP) is 2.92. The predicted molar refractivity (Wildman–Crippen MR) is 140 cm³/mol. The van der Waals surface area contributed by atoms with Crippen molar-refractivity contribution in [2.75, 3.05) is 18.4 Å². The van der Waals surface area contributed by atoms with Gasteiger partial charge in [0.15, 0.2) is 0 Å². The highest BCUT2D eigenvalue weighted by Crippen LogP contribution is 2.10. The monoisotopic (exact) mass is 495 g/mol. The summed E-state index contributed by atoms with van der Waals surface area (Å²) < 4.78 is 4.90. The lowest BCUT2D eigenvalue weighted by atomic mass is 10.0. The van der Waals surface area contributed by atoms with Crippen LogP contribution >= 0.6 is 0 Å². The number of nitrogens with one attached hydrogen (secondary N) is 4. The molecule has 0 radical (unpaired) electrons. The maximum absolute atomic E-state index is 12.3. The van der Waals surface area contributed by atoms with Gasteiger partial charge in [0.05, 0.1) is 12.6 Å². The molecule has 0 saturated carbocycles. The summed E-state index contributed by atoms with van der Waals surface area (Å²) in [6, 6.07) is 6.35. The van der Waals surface area contributed by atoms with E-state index < -0.39 is 6.03 Å². The molecule has 4 amide bonds. The molecule has 1 aromatic rings. The van der Waals surface area contributed by atoms with Crippen LogP contribution in [0, 0.1) is 5.92 Å². The minimum absolute atomic E-state index is 0.100. The van der Waals surface area contributed by atoms with E-state index in [4.69, 9.17) is 10.5 Å². The molecular weight excluding hydrogens is 450 g/mol. The lowest BCUT2D eigenvalue weighted by molar-refractivity contribution is -0.142. The Bertz CT molecular complexity index is 751. The highest BCUT2D eigenvalue weighted by molar-refractivity contribution is 5.95. The summed E-state index contributed by atoms with van der Waals surface area (Å²) in [5, 5.41) is 11.0. The van der Waals surface area contributed by atoms with E-state index >= 15 is 0 Å². The van der Waals surface area contributed by atoms with Crippen molar-refractivity contribution in [3.8, 4) is 0 Å². The Labute approximate surface area is 210 Å². The maximum Gasteiger partial charge on any atom is 0.312 e. The molecular formula is C25H45N5O5. The van der Waals surface area contributed by atoms with E-state index in [2.05, 4.69) is 21.3 Å². The normalized spacial score (nSPS) is 10.7. The average Bonchev–Trinajstić information content (AvgIpc) is 2.80. The van der Waals surface area contributed by atoms with E-state index in [1.54, 1.807) is 24.3 Å². The summed E-state index contributed by atoms with van der Waals surface area (Å²) in [5.41, 5.74) is 6.16. The van der Waals surface area contributed by atoms with Crippen LogP contribution in [0.2, 0.25) is 0 Å². The lowest BCUT2D eigenvalue weighted by Gasteiger charge is -2.23. The minimum atomic E-state index is -0.443. The van der Waals surface area contributed by atoms with Crippen molar-refractivity contribution in [3.63, 3.8) is 0 Å². The van der Waals surface area contributed by atoms with Gasteiger partial charge in [-0.3, -0.25) is 14.4 Å². The molecule has 1 unspecified atom stereocenters. The number of amides is 4. The van der Waals surface area contributed by atoms with Gasteiger partial charge in [0.2, 0.25) is 11.8 Å². The molecule has 0 fully saturated rings. The van der Waals surface area contributed by atoms with Crippen LogP contribution in [0.4, 0.5) is 10.5 Å². The van der Waals surface area contributed by atoms with E-state index in [0.29, 0.717) is 12.2 Å². The number of urea groups is 1. The number of esters is 1. The van der Waals surface area contributed by atoms with Gasteiger partial charge in [0.25, 0.3) is 0 Å². The Morgan fingerprint density at radius 3 is 1.94 bits per heavy atom. The number of rotatable bonds is 11. The first kappa shape index (κ1) is 34.0. The summed E-state index contributed by atoms with van der Waals surface area (Å²) in [6.07, 6.45) is 0.933. The molecule has 200 valence electrons. The molecule has 0 aliphatic carbocycles. The zero-order valence-corrected chi connectivity index (χ0v) is 22.5. The van der Waals surface area contributed by atoms with Crippen molar-refractivity contribution in [1.82, 2.24) is 16.0 Å². The molecule has 0 aliphatic heterocycles. The van der Waals surface area contributed by atoms with Crippen molar-refractivity contribution >= 4 is 29.5 Å². The van der Waals surface area contributed by atoms with Crippen LogP contribution < -0.4 is 27.0 Å². The number of carbonyl (C=O) groups is 4. The van der Waals surface area contributed by atoms with E-state index in [9.17, 15) is 19.2 Å².